The number of amides is 3. The average Bonchev–Trinajstić information content (AvgIpc) is 2.91. The fourth-order valence-electron chi connectivity index (χ4n) is 4.67. The number of aromatic nitrogens is 1. The molecule has 0 unspecified atom stereocenters. The molecule has 0 spiro atoms. The summed E-state index contributed by atoms with van der Waals surface area (Å²) in [6.07, 6.45) is 5.13. The van der Waals surface area contributed by atoms with Gasteiger partial charge < -0.3 is 31.1 Å². The molecule has 0 aliphatic carbocycles. The summed E-state index contributed by atoms with van der Waals surface area (Å²) in [4.78, 5) is 43.5. The number of halogens is 1. The third-order valence-corrected chi connectivity index (χ3v) is 6.98. The number of benzene rings is 1. The quantitative estimate of drug-likeness (QED) is 0.386. The van der Waals surface area contributed by atoms with Gasteiger partial charge in [-0.25, -0.2) is 4.39 Å². The van der Waals surface area contributed by atoms with Crippen LogP contribution in [0.2, 0.25) is 0 Å². The number of pyridine rings is 1. The predicted molar refractivity (Wildman–Crippen MR) is 148 cm³/mol. The number of nitrogens with zero attached hydrogens (tertiary/aromatic N) is 2. The number of aliphatic hydroxyl groups is 1. The van der Waals surface area contributed by atoms with Crippen molar-refractivity contribution < 1.29 is 28.6 Å². The second-order valence-corrected chi connectivity index (χ2v) is 10.2. The average molecular weight is 558 g/mol. The predicted octanol–water partition coefficient (Wildman–Crippen LogP) is 1.62. The lowest BCUT2D eigenvalue weighted by Gasteiger charge is -2.31. The van der Waals surface area contributed by atoms with E-state index in [1.807, 2.05) is 13.0 Å². The van der Waals surface area contributed by atoms with Gasteiger partial charge in [-0.15, -0.1) is 0 Å². The molecule has 0 fully saturated rings. The normalized spacial score (nSPS) is 19.9. The van der Waals surface area contributed by atoms with E-state index < -0.39 is 35.8 Å². The molecule has 2 bridgehead atoms. The fourth-order valence-corrected chi connectivity index (χ4v) is 4.67. The number of aliphatic hydroxyl groups excluding tert-OH is 1. The van der Waals surface area contributed by atoms with Crippen molar-refractivity contribution in [2.75, 3.05) is 20.2 Å². The summed E-state index contributed by atoms with van der Waals surface area (Å²) >= 11 is 0. The largest absolute Gasteiger partial charge is 0.493 e. The zero-order valence-electron chi connectivity index (χ0n) is 23.2. The summed E-state index contributed by atoms with van der Waals surface area (Å²) in [5.41, 5.74) is 7.96. The van der Waals surface area contributed by atoms with Crippen molar-refractivity contribution in [1.29, 1.82) is 0 Å². The first-order valence-electron chi connectivity index (χ1n) is 13.7. The molecule has 1 aromatic heterocycles. The summed E-state index contributed by atoms with van der Waals surface area (Å²) in [6, 6.07) is 4.31. The Morgan fingerprint density at radius 3 is 2.75 bits per heavy atom. The molecule has 2 aromatic rings. The zero-order valence-corrected chi connectivity index (χ0v) is 23.2. The minimum absolute atomic E-state index is 0.0799. The Morgan fingerprint density at radius 2 is 2.00 bits per heavy atom. The topological polar surface area (TPSA) is 147 Å². The van der Waals surface area contributed by atoms with E-state index in [-0.39, 0.29) is 31.7 Å². The Hall–Kier alpha value is -3.57. The smallest absolute Gasteiger partial charge is 0.243 e. The molecule has 3 atom stereocenters. The number of hydrogen-bond donors (Lipinski definition) is 4. The molecular weight excluding hydrogens is 517 g/mol. The van der Waals surface area contributed by atoms with Gasteiger partial charge in [0.15, 0.2) is 0 Å². The molecule has 40 heavy (non-hydrogen) atoms. The molecule has 3 rings (SSSR count). The van der Waals surface area contributed by atoms with Crippen LogP contribution in [0.4, 0.5) is 4.39 Å². The van der Waals surface area contributed by atoms with E-state index in [1.54, 1.807) is 18.5 Å². The molecular formula is C29H40FN5O5. The molecule has 5 N–H and O–H groups in total. The Balaban J connectivity index is 1.84. The number of rotatable bonds is 8. The minimum Gasteiger partial charge on any atom is -0.493 e. The third kappa shape index (κ3) is 9.56. The molecule has 1 aromatic carbocycles. The first-order chi connectivity index (χ1) is 19.2. The van der Waals surface area contributed by atoms with Crippen molar-refractivity contribution >= 4 is 17.7 Å². The van der Waals surface area contributed by atoms with Crippen molar-refractivity contribution in [3.63, 3.8) is 0 Å². The number of nitrogens with one attached hydrogen (secondary N) is 2. The number of primary amides is 1. The SMILES string of the molecule is CCc1cncc(CNC[C@@H](O)[C@@H]2Cc3cc(F)cc(c3)OCCCCCC(=O)N(C)[C@@H](CC(N)=O)C(=O)N2)c1. The number of hydrogen-bond acceptors (Lipinski definition) is 7. The highest BCUT2D eigenvalue weighted by Gasteiger charge is 2.32. The van der Waals surface area contributed by atoms with Crippen LogP contribution in [0.3, 0.4) is 0 Å². The molecule has 0 saturated carbocycles. The summed E-state index contributed by atoms with van der Waals surface area (Å²) in [5, 5.41) is 17.1. The molecule has 1 aliphatic rings. The third-order valence-electron chi connectivity index (χ3n) is 6.98. The fraction of sp³-hybridized carbons (Fsp3) is 0.517. The van der Waals surface area contributed by atoms with Crippen molar-refractivity contribution in [3.8, 4) is 5.75 Å². The number of aryl methyl sites for hydroxylation is 1. The number of ether oxygens (including phenoxy) is 1. The Kier molecular flexibility index (Phi) is 11.8. The molecule has 3 amide bonds. The molecule has 10 nitrogen and oxygen atoms in total. The lowest BCUT2D eigenvalue weighted by molar-refractivity contribution is -0.141. The highest BCUT2D eigenvalue weighted by molar-refractivity contribution is 5.91. The standard InChI is InChI=1S/C29H40FN5O5/c1-3-19-9-21(16-32-15-19)17-33-18-26(36)24-12-20-10-22(30)13-23(11-20)40-8-6-4-5-7-28(38)35(2)25(14-27(31)37)29(39)34-24/h9-11,13,15-16,24-26,33,36H,3-8,12,14,17-18H2,1-2H3,(H2,31,37)(H,34,39)/t24-,25-,26+/m0/s1. The minimum atomic E-state index is -1.14. The van der Waals surface area contributed by atoms with Gasteiger partial charge in [-0.2, -0.15) is 0 Å². The number of nitrogens with two attached hydrogens (primary N) is 1. The van der Waals surface area contributed by atoms with Gasteiger partial charge in [0.2, 0.25) is 17.7 Å². The van der Waals surface area contributed by atoms with Crippen LogP contribution in [0, 0.1) is 5.82 Å². The Morgan fingerprint density at radius 1 is 1.23 bits per heavy atom. The van der Waals surface area contributed by atoms with E-state index in [0.29, 0.717) is 43.7 Å². The van der Waals surface area contributed by atoms with E-state index in [1.165, 1.54) is 24.1 Å². The van der Waals surface area contributed by atoms with Gasteiger partial charge in [0.05, 0.1) is 25.2 Å². The molecule has 2 heterocycles. The number of likely N-dealkylation sites (N-methyl/N-ethyl adjacent to an activating group) is 1. The maximum Gasteiger partial charge on any atom is 0.243 e. The first-order valence-corrected chi connectivity index (χ1v) is 13.7. The maximum atomic E-state index is 14.5. The van der Waals surface area contributed by atoms with E-state index >= 15 is 0 Å². The van der Waals surface area contributed by atoms with Crippen molar-refractivity contribution in [2.24, 2.45) is 5.73 Å². The van der Waals surface area contributed by atoms with Crippen molar-refractivity contribution in [2.45, 2.75) is 76.6 Å². The number of carbonyl (C=O) groups is 3. The lowest BCUT2D eigenvalue weighted by Crippen LogP contribution is -2.55. The Bertz CT molecular complexity index is 1160. The van der Waals surface area contributed by atoms with E-state index in [9.17, 15) is 23.9 Å². The van der Waals surface area contributed by atoms with Crippen LogP contribution in [0.5, 0.6) is 5.75 Å². The van der Waals surface area contributed by atoms with Gasteiger partial charge in [0, 0.05) is 45.0 Å². The zero-order chi connectivity index (χ0) is 29.1. The molecule has 218 valence electrons. The van der Waals surface area contributed by atoms with Gasteiger partial charge >= 0.3 is 0 Å². The highest BCUT2D eigenvalue weighted by atomic mass is 19.1. The number of fused-ring (bicyclic) bond motifs is 2. The molecule has 0 saturated heterocycles. The monoisotopic (exact) mass is 557 g/mol. The van der Waals surface area contributed by atoms with Gasteiger partial charge in [0.25, 0.3) is 0 Å². The van der Waals surface area contributed by atoms with E-state index in [0.717, 1.165) is 17.5 Å². The van der Waals surface area contributed by atoms with Crippen LogP contribution in [0.25, 0.3) is 0 Å². The van der Waals surface area contributed by atoms with Crippen LogP contribution in [-0.2, 0) is 33.8 Å². The molecule has 1 aliphatic heterocycles. The van der Waals surface area contributed by atoms with Gasteiger partial charge in [-0.3, -0.25) is 19.4 Å². The molecule has 11 heteroatoms. The first kappa shape index (κ1) is 31.0. The molecule has 0 radical (unpaired) electrons. The van der Waals surface area contributed by atoms with Gasteiger partial charge in [-0.1, -0.05) is 13.0 Å². The van der Waals surface area contributed by atoms with Crippen LogP contribution < -0.4 is 21.1 Å². The van der Waals surface area contributed by atoms with E-state index in [2.05, 4.69) is 15.6 Å². The maximum absolute atomic E-state index is 14.5. The summed E-state index contributed by atoms with van der Waals surface area (Å²) < 4.78 is 20.2. The van der Waals surface area contributed by atoms with Crippen LogP contribution in [0.1, 0.15) is 55.7 Å². The van der Waals surface area contributed by atoms with Crippen LogP contribution in [-0.4, -0.2) is 71.1 Å². The van der Waals surface area contributed by atoms with Crippen molar-refractivity contribution in [3.05, 3.63) is 59.2 Å². The van der Waals surface area contributed by atoms with Crippen LogP contribution in [0.15, 0.2) is 36.7 Å². The second-order valence-electron chi connectivity index (χ2n) is 10.2. The number of carbonyl (C=O) groups excluding carboxylic acids is 3. The van der Waals surface area contributed by atoms with Crippen molar-refractivity contribution in [1.82, 2.24) is 20.5 Å². The van der Waals surface area contributed by atoms with Gasteiger partial charge in [-0.05, 0) is 60.9 Å². The summed E-state index contributed by atoms with van der Waals surface area (Å²) in [5.74, 6) is -1.79. The summed E-state index contributed by atoms with van der Waals surface area (Å²) in [6.45, 7) is 2.95. The van der Waals surface area contributed by atoms with E-state index in [4.69, 9.17) is 10.5 Å². The highest BCUT2D eigenvalue weighted by Crippen LogP contribution is 2.20. The van der Waals surface area contributed by atoms with Gasteiger partial charge in [0.1, 0.15) is 17.6 Å². The van der Waals surface area contributed by atoms with Crippen LogP contribution >= 0.6 is 0 Å². The lowest BCUT2D eigenvalue weighted by atomic mass is 9.99. The summed E-state index contributed by atoms with van der Waals surface area (Å²) in [7, 11) is 1.46. The second kappa shape index (κ2) is 15.3. The Labute approximate surface area is 234 Å².